The lowest BCUT2D eigenvalue weighted by Crippen LogP contribution is -2.36. The van der Waals surface area contributed by atoms with Crippen LogP contribution in [0.3, 0.4) is 0 Å². The first-order valence-corrected chi connectivity index (χ1v) is 8.11. The fourth-order valence-corrected chi connectivity index (χ4v) is 2.90. The van der Waals surface area contributed by atoms with Crippen LogP contribution in [0.5, 0.6) is 0 Å². The van der Waals surface area contributed by atoms with Crippen molar-refractivity contribution in [2.75, 3.05) is 16.8 Å². The molecule has 0 atom stereocenters. The van der Waals surface area contributed by atoms with Crippen molar-refractivity contribution < 1.29 is 9.72 Å². The molecule has 2 aromatic rings. The van der Waals surface area contributed by atoms with E-state index < -0.39 is 10.8 Å². The molecule has 1 aliphatic rings. The van der Waals surface area contributed by atoms with E-state index in [9.17, 15) is 20.2 Å². The first kappa shape index (κ1) is 17.2. The van der Waals surface area contributed by atoms with Gasteiger partial charge in [-0.25, -0.2) is 0 Å². The first-order chi connectivity index (χ1) is 12.6. The third-order valence-electron chi connectivity index (χ3n) is 4.15. The molecule has 3 rings (SSSR count). The van der Waals surface area contributed by atoms with Crippen molar-refractivity contribution in [2.45, 2.75) is 12.8 Å². The molecule has 7 heteroatoms. The summed E-state index contributed by atoms with van der Waals surface area (Å²) in [5.41, 5.74) is 2.20. The third kappa shape index (κ3) is 3.54. The number of nitrogens with one attached hydrogen (secondary N) is 1. The molecule has 0 bridgehead atoms. The molecule has 2 aromatic carbocycles. The van der Waals surface area contributed by atoms with E-state index in [2.05, 4.69) is 5.32 Å². The lowest BCUT2D eigenvalue weighted by molar-refractivity contribution is -0.384. The lowest BCUT2D eigenvalue weighted by atomic mass is 10.0. The van der Waals surface area contributed by atoms with Crippen LogP contribution in [-0.4, -0.2) is 17.4 Å². The maximum atomic E-state index is 12.8. The van der Waals surface area contributed by atoms with Gasteiger partial charge in [-0.3, -0.25) is 14.9 Å². The van der Waals surface area contributed by atoms with Gasteiger partial charge in [-0.2, -0.15) is 5.26 Å². The number of fused-ring (bicyclic) bond motifs is 1. The Morgan fingerprint density at radius 2 is 2.08 bits per heavy atom. The minimum atomic E-state index is -0.504. The van der Waals surface area contributed by atoms with Gasteiger partial charge in [0.1, 0.15) is 11.6 Å². The molecule has 7 nitrogen and oxygen atoms in total. The van der Waals surface area contributed by atoms with E-state index in [-0.39, 0.29) is 11.3 Å². The summed E-state index contributed by atoms with van der Waals surface area (Å²) in [4.78, 5) is 24.7. The molecule has 0 radical (unpaired) electrons. The van der Waals surface area contributed by atoms with E-state index >= 15 is 0 Å². The number of carbonyl (C=O) groups excluding carboxylic acids is 1. The number of hydrogen-bond donors (Lipinski definition) is 1. The zero-order valence-electron chi connectivity index (χ0n) is 13.9. The molecule has 0 aromatic heterocycles. The number of amides is 1. The van der Waals surface area contributed by atoms with Gasteiger partial charge in [0.2, 0.25) is 0 Å². The number of nitro groups is 1. The first-order valence-electron chi connectivity index (χ1n) is 8.11. The lowest BCUT2D eigenvalue weighted by Gasteiger charge is -2.29. The SMILES string of the molecule is N#C/C(=C/Nc1cccc([N+](=O)[O-])c1)C(=O)N1CCCc2ccccc21. The van der Waals surface area contributed by atoms with E-state index in [4.69, 9.17) is 0 Å². The van der Waals surface area contributed by atoms with Gasteiger partial charge < -0.3 is 10.2 Å². The Kier molecular flexibility index (Phi) is 4.94. The summed E-state index contributed by atoms with van der Waals surface area (Å²) >= 11 is 0. The minimum absolute atomic E-state index is 0.0618. The minimum Gasteiger partial charge on any atom is -0.360 e. The van der Waals surface area contributed by atoms with Gasteiger partial charge in [-0.05, 0) is 30.5 Å². The van der Waals surface area contributed by atoms with Gasteiger partial charge in [0.05, 0.1) is 4.92 Å². The van der Waals surface area contributed by atoms with Crippen molar-refractivity contribution in [3.05, 3.63) is 76.0 Å². The smallest absolute Gasteiger partial charge is 0.271 e. The Labute approximate surface area is 150 Å². The average molecular weight is 348 g/mol. The van der Waals surface area contributed by atoms with Crippen molar-refractivity contribution in [3.8, 4) is 6.07 Å². The largest absolute Gasteiger partial charge is 0.360 e. The highest BCUT2D eigenvalue weighted by Gasteiger charge is 2.24. The second-order valence-corrected chi connectivity index (χ2v) is 5.81. The van der Waals surface area contributed by atoms with E-state index in [0.29, 0.717) is 12.2 Å². The second kappa shape index (κ2) is 7.49. The van der Waals surface area contributed by atoms with E-state index in [1.54, 1.807) is 11.0 Å². The van der Waals surface area contributed by atoms with Gasteiger partial charge in [-0.1, -0.05) is 24.3 Å². The molecule has 0 aliphatic carbocycles. The number of nitriles is 1. The third-order valence-corrected chi connectivity index (χ3v) is 4.15. The summed E-state index contributed by atoms with van der Waals surface area (Å²) < 4.78 is 0. The van der Waals surface area contributed by atoms with Crippen LogP contribution in [0.2, 0.25) is 0 Å². The molecule has 1 amide bonds. The van der Waals surface area contributed by atoms with Crippen LogP contribution < -0.4 is 10.2 Å². The number of rotatable bonds is 4. The fraction of sp³-hybridized carbons (Fsp3) is 0.158. The van der Waals surface area contributed by atoms with Crippen LogP contribution in [0.15, 0.2) is 60.3 Å². The van der Waals surface area contributed by atoms with Gasteiger partial charge in [0.15, 0.2) is 0 Å². The summed E-state index contributed by atoms with van der Waals surface area (Å²) in [5.74, 6) is -0.391. The topological polar surface area (TPSA) is 99.3 Å². The number of benzene rings is 2. The highest BCUT2D eigenvalue weighted by molar-refractivity contribution is 6.09. The fourth-order valence-electron chi connectivity index (χ4n) is 2.90. The van der Waals surface area contributed by atoms with Crippen LogP contribution in [0.1, 0.15) is 12.0 Å². The van der Waals surface area contributed by atoms with Crippen LogP contribution >= 0.6 is 0 Å². The van der Waals surface area contributed by atoms with Gasteiger partial charge >= 0.3 is 0 Å². The molecule has 1 aliphatic heterocycles. The number of anilines is 2. The Hall–Kier alpha value is -3.66. The summed E-state index contributed by atoms with van der Waals surface area (Å²) in [6, 6.07) is 15.4. The van der Waals surface area contributed by atoms with Crippen molar-refractivity contribution in [3.63, 3.8) is 0 Å². The molecule has 0 spiro atoms. The van der Waals surface area contributed by atoms with Gasteiger partial charge in [0, 0.05) is 36.3 Å². The molecule has 26 heavy (non-hydrogen) atoms. The predicted molar refractivity (Wildman–Crippen MR) is 97.5 cm³/mol. The summed E-state index contributed by atoms with van der Waals surface area (Å²) in [5, 5.41) is 23.0. The number of non-ortho nitro benzene ring substituents is 1. The summed E-state index contributed by atoms with van der Waals surface area (Å²) in [7, 11) is 0. The Morgan fingerprint density at radius 3 is 2.85 bits per heavy atom. The molecule has 130 valence electrons. The maximum Gasteiger partial charge on any atom is 0.271 e. The maximum absolute atomic E-state index is 12.8. The van der Waals surface area contributed by atoms with E-state index in [1.807, 2.05) is 30.3 Å². The predicted octanol–water partition coefficient (Wildman–Crippen LogP) is 3.39. The Morgan fingerprint density at radius 1 is 1.27 bits per heavy atom. The summed E-state index contributed by atoms with van der Waals surface area (Å²) in [6.45, 7) is 0.547. The normalized spacial score (nSPS) is 13.5. The molecule has 1 N–H and O–H groups in total. The average Bonchev–Trinajstić information content (AvgIpc) is 2.68. The van der Waals surface area contributed by atoms with Crippen molar-refractivity contribution in [2.24, 2.45) is 0 Å². The number of para-hydroxylation sites is 1. The Balaban J connectivity index is 1.82. The number of hydrogen-bond acceptors (Lipinski definition) is 5. The number of carbonyl (C=O) groups is 1. The molecule has 0 saturated carbocycles. The standard InChI is InChI=1S/C19H16N4O3/c20-12-15(13-21-16-7-3-8-17(11-16)23(25)26)19(24)22-10-4-6-14-5-1-2-9-18(14)22/h1-3,5,7-9,11,13,21H,4,6,10H2/b15-13-. The van der Waals surface area contributed by atoms with Crippen LogP contribution in [0.25, 0.3) is 0 Å². The van der Waals surface area contributed by atoms with Crippen LogP contribution in [-0.2, 0) is 11.2 Å². The Bertz CT molecular complexity index is 930. The van der Waals surface area contributed by atoms with Gasteiger partial charge in [-0.15, -0.1) is 0 Å². The molecule has 1 heterocycles. The van der Waals surface area contributed by atoms with Crippen molar-refractivity contribution in [1.29, 1.82) is 5.26 Å². The number of nitro benzene ring substituents is 1. The van der Waals surface area contributed by atoms with E-state index in [1.165, 1.54) is 24.4 Å². The number of aryl methyl sites for hydroxylation is 1. The molecular weight excluding hydrogens is 332 g/mol. The number of nitrogens with zero attached hydrogens (tertiary/aromatic N) is 3. The highest BCUT2D eigenvalue weighted by Crippen LogP contribution is 2.28. The molecule has 0 saturated heterocycles. The monoisotopic (exact) mass is 348 g/mol. The second-order valence-electron chi connectivity index (χ2n) is 5.81. The summed E-state index contributed by atoms with van der Waals surface area (Å²) in [6.07, 6.45) is 3.02. The molecular formula is C19H16N4O3. The zero-order chi connectivity index (χ0) is 18.5. The quantitative estimate of drug-likeness (QED) is 0.395. The van der Waals surface area contributed by atoms with Crippen molar-refractivity contribution >= 4 is 23.0 Å². The van der Waals surface area contributed by atoms with Crippen LogP contribution in [0, 0.1) is 21.4 Å². The van der Waals surface area contributed by atoms with Crippen molar-refractivity contribution in [1.82, 2.24) is 0 Å². The molecule has 0 unspecified atom stereocenters. The zero-order valence-corrected chi connectivity index (χ0v) is 13.9. The molecule has 0 fully saturated rings. The van der Waals surface area contributed by atoms with Crippen LogP contribution in [0.4, 0.5) is 17.1 Å². The highest BCUT2D eigenvalue weighted by atomic mass is 16.6. The van der Waals surface area contributed by atoms with Gasteiger partial charge in [0.25, 0.3) is 11.6 Å². The van der Waals surface area contributed by atoms with E-state index in [0.717, 1.165) is 24.1 Å².